The van der Waals surface area contributed by atoms with Crippen LogP contribution in [0.3, 0.4) is 0 Å². The van der Waals surface area contributed by atoms with E-state index < -0.39 is 12.2 Å². The summed E-state index contributed by atoms with van der Waals surface area (Å²) in [5.74, 6) is -0.255. The summed E-state index contributed by atoms with van der Waals surface area (Å²) in [6, 6.07) is 0. The van der Waals surface area contributed by atoms with E-state index in [1.807, 2.05) is 27.7 Å². The molecule has 0 radical (unpaired) electrons. The van der Waals surface area contributed by atoms with Gasteiger partial charge in [-0.05, 0) is 58.6 Å². The number of hydrogen-bond acceptors (Lipinski definition) is 11. The molecule has 0 aromatic rings. The summed E-state index contributed by atoms with van der Waals surface area (Å²) in [6.07, 6.45) is 6.52. The van der Waals surface area contributed by atoms with Crippen molar-refractivity contribution in [2.75, 3.05) is 13.1 Å². The molecule has 2 rings (SSSR count). The van der Waals surface area contributed by atoms with Crippen LogP contribution in [0.15, 0.2) is 12.8 Å². The number of likely N-dealkylation sites (tertiary alicyclic amines) is 2. The summed E-state index contributed by atoms with van der Waals surface area (Å²) in [7, 11) is 0. The molecule has 6 unspecified atom stereocenters. The lowest BCUT2D eigenvalue weighted by atomic mass is 10.0. The summed E-state index contributed by atoms with van der Waals surface area (Å²) < 4.78 is 16.0. The van der Waals surface area contributed by atoms with Crippen molar-refractivity contribution in [1.29, 1.82) is 0 Å². The van der Waals surface area contributed by atoms with Gasteiger partial charge in [-0.1, -0.05) is 27.4 Å². The van der Waals surface area contributed by atoms with Crippen molar-refractivity contribution in [2.24, 2.45) is 0 Å². The fourth-order valence-corrected chi connectivity index (χ4v) is 4.78. The second-order valence-corrected chi connectivity index (χ2v) is 10.9. The highest BCUT2D eigenvalue weighted by Crippen LogP contribution is 2.20. The molecule has 0 saturated carbocycles. The van der Waals surface area contributed by atoms with Gasteiger partial charge >= 0.3 is 11.9 Å². The Hall–Kier alpha value is -2.58. The molecule has 2 aliphatic rings. The van der Waals surface area contributed by atoms with E-state index in [-0.39, 0.29) is 48.3 Å². The van der Waals surface area contributed by atoms with Crippen LogP contribution in [0.1, 0.15) is 113 Å². The van der Waals surface area contributed by atoms with Gasteiger partial charge < -0.3 is 34.2 Å². The third kappa shape index (κ3) is 20.4. The SMILES string of the molecule is C=CN1CCCC1=O.CCC(CC(C)O)OC(C)=O.CCC(CC(O)CC(C)OC(CC)N1CCCC1=O)OC(C)=O.OO. The van der Waals surface area contributed by atoms with Gasteiger partial charge in [-0.15, -0.1) is 0 Å². The third-order valence-corrected chi connectivity index (χ3v) is 6.85. The van der Waals surface area contributed by atoms with Crippen LogP contribution in [0.2, 0.25) is 0 Å². The first-order valence-electron chi connectivity index (χ1n) is 15.5. The molecular formula is C31H58N2O11. The lowest BCUT2D eigenvalue weighted by Gasteiger charge is -2.30. The Labute approximate surface area is 263 Å². The Morgan fingerprint density at radius 2 is 1.34 bits per heavy atom. The highest BCUT2D eigenvalue weighted by Gasteiger charge is 2.29. The molecule has 0 spiro atoms. The average molecular weight is 635 g/mol. The van der Waals surface area contributed by atoms with E-state index in [1.165, 1.54) is 13.8 Å². The van der Waals surface area contributed by atoms with Crippen LogP contribution in [-0.4, -0.2) is 104 Å². The van der Waals surface area contributed by atoms with Crippen molar-refractivity contribution < 1.29 is 54.1 Å². The Balaban J connectivity index is 0. The zero-order chi connectivity index (χ0) is 34.2. The predicted octanol–water partition coefficient (Wildman–Crippen LogP) is 4.10. The summed E-state index contributed by atoms with van der Waals surface area (Å²) in [5, 5.41) is 31.2. The Morgan fingerprint density at radius 3 is 1.68 bits per heavy atom. The van der Waals surface area contributed by atoms with Gasteiger partial charge in [0.1, 0.15) is 18.4 Å². The molecule has 0 aliphatic carbocycles. The van der Waals surface area contributed by atoms with E-state index in [2.05, 4.69) is 6.58 Å². The summed E-state index contributed by atoms with van der Waals surface area (Å²) >= 11 is 0. The fraction of sp³-hybridized carbons (Fsp3) is 0.806. The zero-order valence-electron chi connectivity index (χ0n) is 27.8. The van der Waals surface area contributed by atoms with Crippen molar-refractivity contribution in [2.45, 2.75) is 149 Å². The lowest BCUT2D eigenvalue weighted by molar-refractivity contribution is -0.176. The maximum atomic E-state index is 11.8. The van der Waals surface area contributed by atoms with Crippen LogP contribution in [0.5, 0.6) is 0 Å². The van der Waals surface area contributed by atoms with E-state index in [4.69, 9.17) is 29.8 Å². The minimum atomic E-state index is -0.596. The second-order valence-electron chi connectivity index (χ2n) is 10.9. The first kappa shape index (κ1) is 43.5. The maximum absolute atomic E-state index is 11.8. The quantitative estimate of drug-likeness (QED) is 0.116. The first-order valence-corrected chi connectivity index (χ1v) is 15.5. The van der Waals surface area contributed by atoms with Gasteiger partial charge in [0.05, 0.1) is 18.3 Å². The molecule has 44 heavy (non-hydrogen) atoms. The molecule has 0 aromatic carbocycles. The van der Waals surface area contributed by atoms with Crippen molar-refractivity contribution in [3.05, 3.63) is 12.8 Å². The number of aliphatic hydroxyl groups excluding tert-OH is 2. The van der Waals surface area contributed by atoms with Gasteiger partial charge in [0.25, 0.3) is 0 Å². The number of aliphatic hydroxyl groups is 2. The molecule has 258 valence electrons. The van der Waals surface area contributed by atoms with Crippen LogP contribution < -0.4 is 0 Å². The molecule has 0 aromatic heterocycles. The zero-order valence-corrected chi connectivity index (χ0v) is 27.8. The highest BCUT2D eigenvalue weighted by molar-refractivity contribution is 5.79. The molecule has 2 amide bonds. The number of rotatable bonds is 15. The smallest absolute Gasteiger partial charge is 0.302 e. The maximum Gasteiger partial charge on any atom is 0.302 e. The summed E-state index contributed by atoms with van der Waals surface area (Å²) in [4.78, 5) is 47.4. The van der Waals surface area contributed by atoms with E-state index in [0.717, 1.165) is 38.8 Å². The highest BCUT2D eigenvalue weighted by atomic mass is 17.0. The summed E-state index contributed by atoms with van der Waals surface area (Å²) in [5.41, 5.74) is 0. The molecular weight excluding hydrogens is 576 g/mol. The van der Waals surface area contributed by atoms with Gasteiger partial charge in [0, 0.05) is 52.6 Å². The molecule has 2 fully saturated rings. The van der Waals surface area contributed by atoms with Crippen LogP contribution >= 0.6 is 0 Å². The standard InChI is InChI=1S/C17H31NO5.C8H16O3.C6H9NO.H2O2/c1-5-15(23-13(4)19)11-14(20)10-12(3)22-17(6-2)18-9-7-8-16(18)21;1-4-8(5-6(2)9)11-7(3)10;1-2-7-5-3-4-6(7)8;1-2/h12,14-15,17,20H,5-11H2,1-4H3;6,8-9H,4-5H2,1-3H3;2H,1,3-5H2;1-2H. The van der Waals surface area contributed by atoms with E-state index >= 15 is 0 Å². The lowest BCUT2D eigenvalue weighted by Crippen LogP contribution is -2.40. The number of nitrogens with zero attached hydrogens (tertiary/aromatic N) is 2. The Kier molecular flexibility index (Phi) is 25.5. The molecule has 13 heteroatoms. The van der Waals surface area contributed by atoms with Crippen molar-refractivity contribution in [1.82, 2.24) is 9.80 Å². The molecule has 2 aliphatic heterocycles. The molecule has 2 saturated heterocycles. The molecule has 2 heterocycles. The number of carbonyl (C=O) groups is 4. The van der Waals surface area contributed by atoms with E-state index in [1.54, 1.807) is 22.9 Å². The van der Waals surface area contributed by atoms with Crippen molar-refractivity contribution in [3.63, 3.8) is 0 Å². The first-order chi connectivity index (χ1) is 20.8. The number of amides is 2. The van der Waals surface area contributed by atoms with Crippen LogP contribution in [0.4, 0.5) is 0 Å². The molecule has 13 nitrogen and oxygen atoms in total. The number of ether oxygens (including phenoxy) is 3. The summed E-state index contributed by atoms with van der Waals surface area (Å²) in [6.45, 7) is 17.3. The monoisotopic (exact) mass is 634 g/mol. The molecule has 0 bridgehead atoms. The molecule has 6 atom stereocenters. The minimum Gasteiger partial charge on any atom is -0.462 e. The van der Waals surface area contributed by atoms with Gasteiger partial charge in [-0.25, -0.2) is 0 Å². The van der Waals surface area contributed by atoms with Crippen LogP contribution in [-0.2, 0) is 33.4 Å². The van der Waals surface area contributed by atoms with Crippen LogP contribution in [0.25, 0.3) is 0 Å². The van der Waals surface area contributed by atoms with Crippen molar-refractivity contribution >= 4 is 23.8 Å². The van der Waals surface area contributed by atoms with Crippen molar-refractivity contribution in [3.8, 4) is 0 Å². The largest absolute Gasteiger partial charge is 0.462 e. The minimum absolute atomic E-state index is 0.132. The Morgan fingerprint density at radius 1 is 0.841 bits per heavy atom. The second kappa shape index (κ2) is 25.7. The number of carbonyl (C=O) groups excluding carboxylic acids is 4. The van der Waals surface area contributed by atoms with Gasteiger partial charge in [0.15, 0.2) is 0 Å². The number of esters is 2. The average Bonchev–Trinajstić information content (AvgIpc) is 3.59. The van der Waals surface area contributed by atoms with E-state index in [0.29, 0.717) is 38.5 Å². The number of hydrogen-bond donors (Lipinski definition) is 4. The topological polar surface area (TPSA) is 183 Å². The van der Waals surface area contributed by atoms with Gasteiger partial charge in [-0.3, -0.25) is 29.7 Å². The van der Waals surface area contributed by atoms with Crippen LogP contribution in [0, 0.1) is 0 Å². The van der Waals surface area contributed by atoms with Gasteiger partial charge in [-0.2, -0.15) is 0 Å². The molecule has 4 N–H and O–H groups in total. The van der Waals surface area contributed by atoms with E-state index in [9.17, 15) is 24.3 Å². The third-order valence-electron chi connectivity index (χ3n) is 6.85. The van der Waals surface area contributed by atoms with Gasteiger partial charge in [0.2, 0.25) is 11.8 Å². The fourth-order valence-electron chi connectivity index (χ4n) is 4.78. The predicted molar refractivity (Wildman–Crippen MR) is 165 cm³/mol. The Bertz CT molecular complexity index is 824. The normalized spacial score (nSPS) is 18.2.